The highest BCUT2D eigenvalue weighted by Gasteiger charge is 2.21. The molecule has 0 saturated carbocycles. The van der Waals surface area contributed by atoms with Gasteiger partial charge < -0.3 is 5.32 Å². The van der Waals surface area contributed by atoms with Gasteiger partial charge in [-0.15, -0.1) is 0 Å². The zero-order valence-electron chi connectivity index (χ0n) is 11.4. The lowest BCUT2D eigenvalue weighted by atomic mass is 9.89. The molecule has 2 nitrogen and oxygen atoms in total. The SMILES string of the molecule is Cc1ccc(C2=C(NC(C)C)C(=O)CCC2)cc1. The topological polar surface area (TPSA) is 29.1 Å². The van der Waals surface area contributed by atoms with Crippen molar-refractivity contribution in [3.05, 3.63) is 41.1 Å². The van der Waals surface area contributed by atoms with Crippen LogP contribution in [0.4, 0.5) is 0 Å². The molecule has 0 aromatic heterocycles. The van der Waals surface area contributed by atoms with Crippen LogP contribution in [-0.2, 0) is 4.79 Å². The van der Waals surface area contributed by atoms with Crippen molar-refractivity contribution in [2.75, 3.05) is 0 Å². The van der Waals surface area contributed by atoms with Crippen molar-refractivity contribution in [2.45, 2.75) is 46.1 Å². The van der Waals surface area contributed by atoms with Crippen molar-refractivity contribution in [1.82, 2.24) is 5.32 Å². The van der Waals surface area contributed by atoms with E-state index in [0.717, 1.165) is 18.5 Å². The summed E-state index contributed by atoms with van der Waals surface area (Å²) < 4.78 is 0. The van der Waals surface area contributed by atoms with Crippen molar-refractivity contribution >= 4 is 11.4 Å². The van der Waals surface area contributed by atoms with Gasteiger partial charge in [0.05, 0.1) is 5.70 Å². The highest BCUT2D eigenvalue weighted by atomic mass is 16.1. The second kappa shape index (κ2) is 5.38. The van der Waals surface area contributed by atoms with Gasteiger partial charge in [0.15, 0.2) is 5.78 Å². The van der Waals surface area contributed by atoms with Crippen LogP contribution in [-0.4, -0.2) is 11.8 Å². The normalized spacial score (nSPS) is 16.3. The minimum atomic E-state index is 0.255. The molecule has 1 aromatic rings. The largest absolute Gasteiger partial charge is 0.380 e. The van der Waals surface area contributed by atoms with E-state index in [1.54, 1.807) is 0 Å². The first-order chi connectivity index (χ1) is 8.58. The summed E-state index contributed by atoms with van der Waals surface area (Å²) in [4.78, 5) is 12.1. The lowest BCUT2D eigenvalue weighted by molar-refractivity contribution is -0.116. The number of hydrogen-bond acceptors (Lipinski definition) is 2. The molecule has 0 aliphatic heterocycles. The van der Waals surface area contributed by atoms with Gasteiger partial charge >= 0.3 is 0 Å². The number of Topliss-reactive ketones (excluding diaryl/α,β-unsaturated/α-hetero) is 1. The highest BCUT2D eigenvalue weighted by Crippen LogP contribution is 2.29. The van der Waals surface area contributed by atoms with Crippen molar-refractivity contribution in [3.63, 3.8) is 0 Å². The molecule has 0 fully saturated rings. The Morgan fingerprint density at radius 3 is 2.39 bits per heavy atom. The maximum atomic E-state index is 12.1. The Morgan fingerprint density at radius 2 is 1.78 bits per heavy atom. The van der Waals surface area contributed by atoms with E-state index in [-0.39, 0.29) is 5.78 Å². The predicted octanol–water partition coefficient (Wildman–Crippen LogP) is 3.46. The van der Waals surface area contributed by atoms with Gasteiger partial charge in [-0.25, -0.2) is 0 Å². The zero-order valence-corrected chi connectivity index (χ0v) is 11.4. The van der Waals surface area contributed by atoms with Crippen LogP contribution in [0.5, 0.6) is 0 Å². The molecule has 18 heavy (non-hydrogen) atoms. The Hall–Kier alpha value is -1.57. The van der Waals surface area contributed by atoms with Crippen LogP contribution in [0.2, 0.25) is 0 Å². The molecule has 96 valence electrons. The Kier molecular flexibility index (Phi) is 3.85. The van der Waals surface area contributed by atoms with Crippen LogP contribution in [0.15, 0.2) is 30.0 Å². The second-order valence-corrected chi connectivity index (χ2v) is 5.30. The van der Waals surface area contributed by atoms with E-state index >= 15 is 0 Å². The van der Waals surface area contributed by atoms with E-state index in [2.05, 4.69) is 50.4 Å². The number of allylic oxidation sites excluding steroid dienone is 2. The molecule has 0 unspecified atom stereocenters. The van der Waals surface area contributed by atoms with Crippen molar-refractivity contribution in [3.8, 4) is 0 Å². The molecule has 0 radical (unpaired) electrons. The molecule has 2 heteroatoms. The van der Waals surface area contributed by atoms with Crippen LogP contribution in [0, 0.1) is 6.92 Å². The van der Waals surface area contributed by atoms with E-state index in [9.17, 15) is 4.79 Å². The summed E-state index contributed by atoms with van der Waals surface area (Å²) in [5.74, 6) is 0.255. The summed E-state index contributed by atoms with van der Waals surface area (Å²) in [5.41, 5.74) is 4.44. The number of aryl methyl sites for hydroxylation is 1. The summed E-state index contributed by atoms with van der Waals surface area (Å²) in [7, 11) is 0. The van der Waals surface area contributed by atoms with Gasteiger partial charge in [-0.3, -0.25) is 4.79 Å². The molecule has 0 amide bonds. The van der Waals surface area contributed by atoms with Crippen LogP contribution in [0.1, 0.15) is 44.2 Å². The van der Waals surface area contributed by atoms with Crippen LogP contribution < -0.4 is 5.32 Å². The third-order valence-corrected chi connectivity index (χ3v) is 3.24. The van der Waals surface area contributed by atoms with Gasteiger partial charge in [-0.05, 0) is 44.7 Å². The molecular formula is C16H21NO. The van der Waals surface area contributed by atoms with E-state index in [1.807, 2.05) is 0 Å². The molecule has 2 rings (SSSR count). The number of ketones is 1. The average Bonchev–Trinajstić information content (AvgIpc) is 2.32. The van der Waals surface area contributed by atoms with Crippen molar-refractivity contribution < 1.29 is 4.79 Å². The van der Waals surface area contributed by atoms with Gasteiger partial charge in [0.25, 0.3) is 0 Å². The van der Waals surface area contributed by atoms with Gasteiger partial charge in [0.1, 0.15) is 0 Å². The van der Waals surface area contributed by atoms with Crippen molar-refractivity contribution in [1.29, 1.82) is 0 Å². The second-order valence-electron chi connectivity index (χ2n) is 5.30. The number of hydrogen-bond donors (Lipinski definition) is 1. The van der Waals surface area contributed by atoms with E-state index in [4.69, 9.17) is 0 Å². The Labute approximate surface area is 109 Å². The Balaban J connectivity index is 2.41. The Bertz CT molecular complexity index is 468. The molecule has 0 spiro atoms. The smallest absolute Gasteiger partial charge is 0.178 e. The summed E-state index contributed by atoms with van der Waals surface area (Å²) in [6, 6.07) is 8.74. The minimum Gasteiger partial charge on any atom is -0.380 e. The van der Waals surface area contributed by atoms with Gasteiger partial charge in [0, 0.05) is 12.5 Å². The number of nitrogens with one attached hydrogen (secondary N) is 1. The summed E-state index contributed by atoms with van der Waals surface area (Å²) >= 11 is 0. The summed E-state index contributed by atoms with van der Waals surface area (Å²) in [6.07, 6.45) is 2.62. The molecule has 0 atom stereocenters. The maximum absolute atomic E-state index is 12.1. The third kappa shape index (κ3) is 2.81. The van der Waals surface area contributed by atoms with Gasteiger partial charge in [-0.2, -0.15) is 0 Å². The summed E-state index contributed by atoms with van der Waals surface area (Å²) in [6.45, 7) is 6.22. The maximum Gasteiger partial charge on any atom is 0.178 e. The van der Waals surface area contributed by atoms with Gasteiger partial charge in [-0.1, -0.05) is 29.8 Å². The highest BCUT2D eigenvalue weighted by molar-refractivity contribution is 6.03. The summed E-state index contributed by atoms with van der Waals surface area (Å²) in [5, 5.41) is 3.32. The van der Waals surface area contributed by atoms with E-state index in [1.165, 1.54) is 16.7 Å². The lowest BCUT2D eigenvalue weighted by Crippen LogP contribution is -2.30. The van der Waals surface area contributed by atoms with E-state index in [0.29, 0.717) is 12.5 Å². The number of carbonyl (C=O) groups is 1. The fraction of sp³-hybridized carbons (Fsp3) is 0.438. The zero-order chi connectivity index (χ0) is 13.1. The molecule has 1 N–H and O–H groups in total. The van der Waals surface area contributed by atoms with Crippen LogP contribution in [0.25, 0.3) is 5.57 Å². The molecule has 0 heterocycles. The van der Waals surface area contributed by atoms with Crippen molar-refractivity contribution in [2.24, 2.45) is 0 Å². The third-order valence-electron chi connectivity index (χ3n) is 3.24. The fourth-order valence-corrected chi connectivity index (χ4v) is 2.34. The lowest BCUT2D eigenvalue weighted by Gasteiger charge is -2.23. The number of carbonyl (C=O) groups excluding carboxylic acids is 1. The molecule has 1 aliphatic rings. The number of rotatable bonds is 3. The molecular weight excluding hydrogens is 222 g/mol. The molecule has 0 saturated heterocycles. The fourth-order valence-electron chi connectivity index (χ4n) is 2.34. The Morgan fingerprint density at radius 1 is 1.11 bits per heavy atom. The standard InChI is InChI=1S/C16H21NO/c1-11(2)17-16-14(5-4-6-15(16)18)13-9-7-12(3)8-10-13/h7-11,17H,4-6H2,1-3H3. The monoisotopic (exact) mass is 243 g/mol. The van der Waals surface area contributed by atoms with E-state index < -0.39 is 0 Å². The first kappa shape index (κ1) is 12.9. The predicted molar refractivity (Wildman–Crippen MR) is 75.2 cm³/mol. The molecule has 0 bridgehead atoms. The molecule has 1 aliphatic carbocycles. The minimum absolute atomic E-state index is 0.255. The van der Waals surface area contributed by atoms with Crippen LogP contribution in [0.3, 0.4) is 0 Å². The first-order valence-corrected chi connectivity index (χ1v) is 6.68. The van der Waals surface area contributed by atoms with Crippen LogP contribution >= 0.6 is 0 Å². The molecule has 1 aromatic carbocycles. The first-order valence-electron chi connectivity index (χ1n) is 6.68. The van der Waals surface area contributed by atoms with Gasteiger partial charge in [0.2, 0.25) is 0 Å². The number of benzene rings is 1. The quantitative estimate of drug-likeness (QED) is 0.881. The average molecular weight is 243 g/mol.